The highest BCUT2D eigenvalue weighted by Gasteiger charge is 2.42. The summed E-state index contributed by atoms with van der Waals surface area (Å²) < 4.78 is 0. The molecule has 0 amide bonds. The van der Waals surface area contributed by atoms with Crippen LogP contribution in [0.3, 0.4) is 0 Å². The van der Waals surface area contributed by atoms with Crippen LogP contribution in [0.1, 0.15) is 67.7 Å². The van der Waals surface area contributed by atoms with Crippen LogP contribution in [0.25, 0.3) is 44.3 Å². The first-order chi connectivity index (χ1) is 47.3. The zero-order valence-electron chi connectivity index (χ0n) is 55.4. The van der Waals surface area contributed by atoms with Gasteiger partial charge in [0.2, 0.25) is 0 Å². The van der Waals surface area contributed by atoms with Crippen molar-refractivity contribution >= 4 is 27.6 Å². The first kappa shape index (κ1) is 63.8. The monoisotopic (exact) mass is 1260 g/mol. The van der Waals surface area contributed by atoms with Crippen LogP contribution in [0.15, 0.2) is 291 Å². The fourth-order valence-corrected chi connectivity index (χ4v) is 14.9. The summed E-state index contributed by atoms with van der Waals surface area (Å²) in [6.07, 6.45) is 0. The van der Waals surface area contributed by atoms with Crippen molar-refractivity contribution < 1.29 is 4.79 Å². The number of pyridine rings is 2. The summed E-state index contributed by atoms with van der Waals surface area (Å²) in [5.41, 5.74) is 17.8. The topological polar surface area (TPSA) is 62.3 Å². The summed E-state index contributed by atoms with van der Waals surface area (Å²) in [4.78, 5) is 44.9. The van der Waals surface area contributed by atoms with Crippen LogP contribution in [-0.2, 0) is 31.0 Å². The molecule has 96 heavy (non-hydrogen) atoms. The van der Waals surface area contributed by atoms with Gasteiger partial charge in [-0.15, -0.1) is 0 Å². The molecule has 2 saturated heterocycles. The van der Waals surface area contributed by atoms with E-state index in [0.29, 0.717) is 26.2 Å². The molecule has 4 unspecified atom stereocenters. The lowest BCUT2D eigenvalue weighted by Gasteiger charge is -2.46. The van der Waals surface area contributed by atoms with E-state index in [-0.39, 0.29) is 17.9 Å². The first-order valence-corrected chi connectivity index (χ1v) is 34.4. The lowest BCUT2D eigenvalue weighted by atomic mass is 9.89. The summed E-state index contributed by atoms with van der Waals surface area (Å²) in [6.45, 7) is 14.5. The maximum absolute atomic E-state index is 18.0. The van der Waals surface area contributed by atoms with Gasteiger partial charge in [-0.3, -0.25) is 34.2 Å². The van der Waals surface area contributed by atoms with Crippen molar-refractivity contribution in [3.63, 3.8) is 0 Å². The fraction of sp³-hybridized carbons (Fsp3) is 0.230. The maximum Gasteiger partial charge on any atom is 0.169 e. The molecule has 0 radical (unpaired) electrons. The second-order valence-corrected chi connectivity index (χ2v) is 26.5. The Labute approximate surface area is 567 Å². The molecule has 4 heterocycles. The number of carbonyl (C=O) groups excluding carboxylic acids is 1. The third kappa shape index (κ3) is 15.2. The number of fused-ring (bicyclic) bond motifs is 2. The van der Waals surface area contributed by atoms with E-state index in [0.717, 1.165) is 132 Å². The van der Waals surface area contributed by atoms with E-state index in [4.69, 9.17) is 9.97 Å². The minimum absolute atomic E-state index is 0.254. The average Bonchev–Trinajstić information content (AvgIpc) is 0.820. The molecule has 10 aromatic carbocycles. The summed E-state index contributed by atoms with van der Waals surface area (Å²) >= 11 is 0. The molecule has 2 aliphatic rings. The van der Waals surface area contributed by atoms with Crippen molar-refractivity contribution in [3.05, 3.63) is 347 Å². The zero-order chi connectivity index (χ0) is 65.0. The van der Waals surface area contributed by atoms with Crippen molar-refractivity contribution in [1.29, 1.82) is 0 Å². The van der Waals surface area contributed by atoms with Crippen molar-refractivity contribution in [3.8, 4) is 22.5 Å². The summed E-state index contributed by atoms with van der Waals surface area (Å²) in [5, 5.41) is 2.19. The number of rotatable bonds is 24. The summed E-state index contributed by atoms with van der Waals surface area (Å²) in [6, 6.07) is 103. The molecule has 2 aromatic heterocycles. The minimum Gasteiger partial charge on any atom is -0.297 e. The molecule has 2 fully saturated rings. The number of piperazine rings is 2. The molecular weight excluding hydrogens is 1170 g/mol. The summed E-state index contributed by atoms with van der Waals surface area (Å²) in [5.74, 6) is 0.254. The number of aryl methyl sites for hydroxylation is 2. The number of Topliss-reactive ketones (excluding diaryl/α,β-unsaturated/α-hetero) is 1. The molecule has 0 N–H and O–H groups in total. The number of hydrogen-bond donors (Lipinski definition) is 0. The van der Waals surface area contributed by atoms with E-state index < -0.39 is 12.1 Å². The number of ketones is 1. The Morgan fingerprint density at radius 1 is 0.365 bits per heavy atom. The fourth-order valence-electron chi connectivity index (χ4n) is 14.9. The highest BCUT2D eigenvalue weighted by atomic mass is 16.1. The van der Waals surface area contributed by atoms with E-state index in [2.05, 4.69) is 334 Å². The van der Waals surface area contributed by atoms with Crippen LogP contribution >= 0.6 is 0 Å². The van der Waals surface area contributed by atoms with Crippen molar-refractivity contribution in [2.24, 2.45) is 0 Å². The van der Waals surface area contributed by atoms with Crippen LogP contribution in [-0.4, -0.2) is 123 Å². The van der Waals surface area contributed by atoms with Crippen LogP contribution in [0.4, 0.5) is 0 Å². The van der Waals surface area contributed by atoms with Crippen molar-refractivity contribution in [1.82, 2.24) is 39.4 Å². The van der Waals surface area contributed by atoms with Gasteiger partial charge in [-0.2, -0.15) is 0 Å². The van der Waals surface area contributed by atoms with E-state index in [1.54, 1.807) is 0 Å². The Hall–Kier alpha value is -9.55. The van der Waals surface area contributed by atoms with Gasteiger partial charge in [-0.1, -0.05) is 266 Å². The lowest BCUT2D eigenvalue weighted by Crippen LogP contribution is -2.63. The second kappa shape index (κ2) is 30.5. The molecule has 0 saturated carbocycles. The van der Waals surface area contributed by atoms with Crippen molar-refractivity contribution in [2.75, 3.05) is 65.4 Å². The van der Waals surface area contributed by atoms with Gasteiger partial charge in [-0.05, 0) is 83.6 Å². The quantitative estimate of drug-likeness (QED) is 0.0589. The first-order valence-electron chi connectivity index (χ1n) is 34.4. The number of aromatic nitrogens is 2. The third-order valence-electron chi connectivity index (χ3n) is 19.8. The lowest BCUT2D eigenvalue weighted by molar-refractivity contribution is -0.133. The Bertz CT molecular complexity index is 4170. The van der Waals surface area contributed by atoms with Gasteiger partial charge >= 0.3 is 0 Å². The highest BCUT2D eigenvalue weighted by molar-refractivity contribution is 5.90. The Kier molecular flexibility index (Phi) is 20.2. The zero-order valence-corrected chi connectivity index (χ0v) is 55.4. The SMILES string of the molecule is Cc1ccc2nc(-c3ccccc3)c(C(c3ccccc3)N(Cc3ccccc3)CC(C(=O)C(CN(Cc3ccccc3)C(c3ccccc3)c3cc4cc(C)ccc4nc3-c3ccccc3)N3CCN(Cc4ccccc4)CC3)N3CCN(Cc4ccccc4)CC3)cc2c1. The van der Waals surface area contributed by atoms with E-state index in [9.17, 15) is 0 Å². The second-order valence-electron chi connectivity index (χ2n) is 26.5. The molecule has 480 valence electrons. The predicted octanol–water partition coefficient (Wildman–Crippen LogP) is 16.6. The molecule has 14 rings (SSSR count). The van der Waals surface area contributed by atoms with Gasteiger partial charge in [-0.25, -0.2) is 9.97 Å². The van der Waals surface area contributed by atoms with Crippen LogP contribution in [0, 0.1) is 13.8 Å². The number of nitrogens with zero attached hydrogens (tertiary/aromatic N) is 8. The van der Waals surface area contributed by atoms with Crippen LogP contribution in [0.2, 0.25) is 0 Å². The summed E-state index contributed by atoms with van der Waals surface area (Å²) in [7, 11) is 0. The molecule has 0 spiro atoms. The Morgan fingerprint density at radius 3 is 1.02 bits per heavy atom. The van der Waals surface area contributed by atoms with E-state index in [1.165, 1.54) is 33.4 Å². The molecule has 9 nitrogen and oxygen atoms in total. The smallest absolute Gasteiger partial charge is 0.169 e. The molecule has 2 aliphatic heterocycles. The van der Waals surface area contributed by atoms with Crippen molar-refractivity contribution in [2.45, 2.75) is 64.2 Å². The predicted molar refractivity (Wildman–Crippen MR) is 393 cm³/mol. The van der Waals surface area contributed by atoms with Gasteiger partial charge in [0.25, 0.3) is 0 Å². The van der Waals surface area contributed by atoms with Crippen LogP contribution < -0.4 is 0 Å². The Balaban J connectivity index is 0.950. The highest BCUT2D eigenvalue weighted by Crippen LogP contribution is 2.41. The van der Waals surface area contributed by atoms with Gasteiger partial charge in [0, 0.05) is 125 Å². The largest absolute Gasteiger partial charge is 0.297 e. The van der Waals surface area contributed by atoms with Gasteiger partial charge in [0.05, 0.1) is 46.6 Å². The average molecular weight is 1260 g/mol. The van der Waals surface area contributed by atoms with Gasteiger partial charge < -0.3 is 0 Å². The molecule has 9 heteroatoms. The molecule has 12 aromatic rings. The van der Waals surface area contributed by atoms with Crippen LogP contribution in [0.5, 0.6) is 0 Å². The number of hydrogen-bond acceptors (Lipinski definition) is 9. The van der Waals surface area contributed by atoms with Gasteiger partial charge in [0.1, 0.15) is 0 Å². The third-order valence-corrected chi connectivity index (χ3v) is 19.8. The molecule has 4 atom stereocenters. The van der Waals surface area contributed by atoms with Gasteiger partial charge in [0.15, 0.2) is 5.78 Å². The van der Waals surface area contributed by atoms with E-state index >= 15 is 4.79 Å². The number of carbonyl (C=O) groups is 1. The molecule has 0 aliphatic carbocycles. The van der Waals surface area contributed by atoms with E-state index in [1.807, 2.05) is 0 Å². The maximum atomic E-state index is 18.0. The molecular formula is C87H86N8O. The molecule has 0 bridgehead atoms. The normalized spacial score (nSPS) is 15.6. The Morgan fingerprint density at radius 2 is 0.677 bits per heavy atom. The standard InChI is InChI=1S/C87H86N8O/c1-65-43-45-79-75(55-65)57-77(83(88-79)71-35-19-7-20-36-71)85(73-39-23-9-24-40-73)94(61-69-31-15-5-16-32-69)63-81(92-51-47-90(48-52-92)59-67-27-11-3-12-28-67)87(96)82(93-53-49-91(50-54-93)60-68-29-13-4-14-30-68)64-95(62-70-33-17-6-18-34-70)86(74-41-25-10-26-42-74)78-58-76-56-66(2)44-46-80(76)89-84(78)72-37-21-8-22-38-72/h3-46,55-58,81-82,85-86H,47-54,59-64H2,1-2H3. The number of benzene rings is 10. The minimum atomic E-state index is -0.527.